The minimum Gasteiger partial charge on any atom is -0.383 e. The van der Waals surface area contributed by atoms with Crippen LogP contribution in [0.15, 0.2) is 35.3 Å². The second-order valence-corrected chi connectivity index (χ2v) is 7.22. The van der Waals surface area contributed by atoms with Gasteiger partial charge in [-0.25, -0.2) is 9.37 Å². The van der Waals surface area contributed by atoms with Crippen molar-refractivity contribution in [3.05, 3.63) is 51.6 Å². The quantitative estimate of drug-likeness (QED) is 0.534. The summed E-state index contributed by atoms with van der Waals surface area (Å²) in [6, 6.07) is 6.20. The molecular formula is C19H17FN2O2S. The third kappa shape index (κ3) is 2.28. The molecule has 0 aliphatic rings. The van der Waals surface area contributed by atoms with Crippen molar-refractivity contribution in [3.8, 4) is 0 Å². The number of rotatable bonds is 3. The Morgan fingerprint density at radius 2 is 1.96 bits per heavy atom. The van der Waals surface area contributed by atoms with Crippen LogP contribution in [-0.4, -0.2) is 15.1 Å². The Bertz CT molecular complexity index is 1170. The molecule has 2 N–H and O–H groups in total. The molecule has 0 aliphatic carbocycles. The zero-order chi connectivity index (χ0) is 17.8. The monoisotopic (exact) mass is 356 g/mol. The number of aromatic nitrogens is 2. The molecule has 0 fully saturated rings. The molecule has 0 atom stereocenters. The van der Waals surface area contributed by atoms with Crippen molar-refractivity contribution in [2.75, 3.05) is 0 Å². The molecule has 6 heteroatoms. The molecule has 4 nitrogen and oxygen atoms in total. The molecule has 2 aromatic carbocycles. The van der Waals surface area contributed by atoms with E-state index in [-0.39, 0.29) is 5.56 Å². The maximum absolute atomic E-state index is 13.8. The number of fused-ring (bicyclic) bond motifs is 6. The first-order chi connectivity index (χ1) is 12.0. The van der Waals surface area contributed by atoms with Gasteiger partial charge in [0.25, 0.3) is 5.56 Å². The highest BCUT2D eigenvalue weighted by molar-refractivity contribution is 7.19. The highest BCUT2D eigenvalue weighted by Gasteiger charge is 2.30. The number of hydrogen-bond acceptors (Lipinski definition) is 4. The molecule has 0 spiro atoms. The second kappa shape index (κ2) is 5.61. The van der Waals surface area contributed by atoms with Gasteiger partial charge in [0.1, 0.15) is 16.4 Å². The lowest BCUT2D eigenvalue weighted by Crippen LogP contribution is -2.22. The Morgan fingerprint density at radius 3 is 2.68 bits per heavy atom. The fourth-order valence-corrected chi connectivity index (χ4v) is 4.64. The topological polar surface area (TPSA) is 66.0 Å². The van der Waals surface area contributed by atoms with E-state index in [9.17, 15) is 14.3 Å². The largest absolute Gasteiger partial charge is 0.383 e. The van der Waals surface area contributed by atoms with Gasteiger partial charge in [-0.2, -0.15) is 0 Å². The van der Waals surface area contributed by atoms with Crippen LogP contribution < -0.4 is 5.56 Å². The van der Waals surface area contributed by atoms with Crippen molar-refractivity contribution in [1.29, 1.82) is 0 Å². The molecule has 4 rings (SSSR count). The van der Waals surface area contributed by atoms with Crippen LogP contribution in [0.5, 0.6) is 0 Å². The lowest BCUT2D eigenvalue weighted by Gasteiger charge is -2.21. The summed E-state index contributed by atoms with van der Waals surface area (Å²) in [5.74, 6) is -0.398. The standard InChI is InChI=1S/C19H17FN2O2S/c1-3-19(24,4-2)18-22-15-11-6-5-10(20)9-13(11)14-12(16(15)25-18)7-8-21-17(14)23/h5-9,24H,3-4H2,1-2H3,(H,21,23). The van der Waals surface area contributed by atoms with E-state index in [1.54, 1.807) is 12.3 Å². The fourth-order valence-electron chi connectivity index (χ4n) is 3.30. The first-order valence-corrected chi connectivity index (χ1v) is 9.06. The van der Waals surface area contributed by atoms with Gasteiger partial charge >= 0.3 is 0 Å². The van der Waals surface area contributed by atoms with Crippen molar-refractivity contribution < 1.29 is 9.50 Å². The number of nitrogens with zero attached hydrogens (tertiary/aromatic N) is 1. The second-order valence-electron chi connectivity index (χ2n) is 6.22. The number of aromatic amines is 1. The molecule has 4 aromatic rings. The van der Waals surface area contributed by atoms with Crippen molar-refractivity contribution in [2.24, 2.45) is 0 Å². The van der Waals surface area contributed by atoms with Crippen LogP contribution in [0.3, 0.4) is 0 Å². The molecule has 0 saturated heterocycles. The zero-order valence-electron chi connectivity index (χ0n) is 13.9. The number of halogens is 1. The number of aliphatic hydroxyl groups is 1. The summed E-state index contributed by atoms with van der Waals surface area (Å²) in [6.07, 6.45) is 2.68. The van der Waals surface area contributed by atoms with Crippen LogP contribution in [0.2, 0.25) is 0 Å². The normalized spacial score (nSPS) is 12.5. The number of hydrogen-bond donors (Lipinski definition) is 2. The minimum atomic E-state index is -0.996. The predicted octanol–water partition coefficient (Wildman–Crippen LogP) is 4.44. The third-order valence-corrected chi connectivity index (χ3v) is 6.19. The van der Waals surface area contributed by atoms with Crippen LogP contribution in [0.4, 0.5) is 4.39 Å². The molecule has 0 saturated carbocycles. The number of thiazole rings is 1. The van der Waals surface area contributed by atoms with Gasteiger partial charge < -0.3 is 10.1 Å². The third-order valence-electron chi connectivity index (χ3n) is 4.91. The fraction of sp³-hybridized carbons (Fsp3) is 0.263. The zero-order valence-corrected chi connectivity index (χ0v) is 14.7. The van der Waals surface area contributed by atoms with Crippen LogP contribution in [0, 0.1) is 5.82 Å². The molecule has 0 bridgehead atoms. The molecular weight excluding hydrogens is 339 g/mol. The Kier molecular flexibility index (Phi) is 3.63. The molecule has 0 amide bonds. The highest BCUT2D eigenvalue weighted by atomic mass is 32.1. The van der Waals surface area contributed by atoms with Crippen molar-refractivity contribution in [3.63, 3.8) is 0 Å². The van der Waals surface area contributed by atoms with Gasteiger partial charge in [-0.1, -0.05) is 13.8 Å². The maximum atomic E-state index is 13.8. The van der Waals surface area contributed by atoms with Gasteiger partial charge in [-0.05, 0) is 37.1 Å². The van der Waals surface area contributed by atoms with E-state index in [1.807, 2.05) is 19.9 Å². The number of nitrogens with one attached hydrogen (secondary N) is 1. The number of H-pyrrole nitrogens is 1. The van der Waals surface area contributed by atoms with Gasteiger partial charge in [-0.3, -0.25) is 4.79 Å². The van der Waals surface area contributed by atoms with Crippen molar-refractivity contribution in [1.82, 2.24) is 9.97 Å². The summed E-state index contributed by atoms with van der Waals surface area (Å²) in [7, 11) is 0. The number of pyridine rings is 1. The summed E-state index contributed by atoms with van der Waals surface area (Å²) in [5, 5.41) is 13.9. The average Bonchev–Trinajstić information content (AvgIpc) is 3.07. The molecule has 2 heterocycles. The smallest absolute Gasteiger partial charge is 0.256 e. The van der Waals surface area contributed by atoms with Crippen LogP contribution in [0.25, 0.3) is 31.8 Å². The first-order valence-electron chi connectivity index (χ1n) is 8.24. The lowest BCUT2D eigenvalue weighted by molar-refractivity contribution is 0.0283. The Balaban J connectivity index is 2.25. The summed E-state index contributed by atoms with van der Waals surface area (Å²) in [5.41, 5.74) is -0.552. The van der Waals surface area contributed by atoms with Gasteiger partial charge in [0.15, 0.2) is 0 Å². The van der Waals surface area contributed by atoms with Gasteiger partial charge in [0, 0.05) is 22.4 Å². The molecule has 0 radical (unpaired) electrons. The first kappa shape index (κ1) is 16.2. The maximum Gasteiger partial charge on any atom is 0.256 e. The van der Waals surface area contributed by atoms with Crippen molar-refractivity contribution >= 4 is 43.1 Å². The van der Waals surface area contributed by atoms with Crippen LogP contribution in [0.1, 0.15) is 31.7 Å². The molecule has 128 valence electrons. The summed E-state index contributed by atoms with van der Waals surface area (Å²) >= 11 is 1.40. The SMILES string of the molecule is CCC(O)(CC)c1nc2c3ccc(F)cc3c3c(=O)[nH]ccc3c2s1. The Labute approximate surface area is 147 Å². The predicted molar refractivity (Wildman–Crippen MR) is 99.7 cm³/mol. The lowest BCUT2D eigenvalue weighted by atomic mass is 9.98. The highest BCUT2D eigenvalue weighted by Crippen LogP contribution is 2.41. The van der Waals surface area contributed by atoms with E-state index in [1.165, 1.54) is 23.5 Å². The van der Waals surface area contributed by atoms with Crippen LogP contribution >= 0.6 is 11.3 Å². The van der Waals surface area contributed by atoms with Gasteiger partial charge in [0.05, 0.1) is 15.6 Å². The van der Waals surface area contributed by atoms with E-state index in [2.05, 4.69) is 4.98 Å². The Morgan fingerprint density at radius 1 is 1.20 bits per heavy atom. The van der Waals surface area contributed by atoms with Gasteiger partial charge in [-0.15, -0.1) is 11.3 Å². The van der Waals surface area contributed by atoms with E-state index in [0.29, 0.717) is 34.1 Å². The van der Waals surface area contributed by atoms with E-state index >= 15 is 0 Å². The van der Waals surface area contributed by atoms with Crippen molar-refractivity contribution in [2.45, 2.75) is 32.3 Å². The van der Waals surface area contributed by atoms with Crippen LogP contribution in [-0.2, 0) is 5.60 Å². The summed E-state index contributed by atoms with van der Waals surface area (Å²) in [4.78, 5) is 19.8. The average molecular weight is 356 g/mol. The summed E-state index contributed by atoms with van der Waals surface area (Å²) in [6.45, 7) is 3.84. The van der Waals surface area contributed by atoms with Gasteiger partial charge in [0.2, 0.25) is 0 Å². The Hall–Kier alpha value is -2.31. The van der Waals surface area contributed by atoms with E-state index in [0.717, 1.165) is 15.5 Å². The molecule has 2 aromatic heterocycles. The summed E-state index contributed by atoms with van der Waals surface area (Å²) < 4.78 is 14.7. The number of benzene rings is 2. The molecule has 0 aliphatic heterocycles. The van der Waals surface area contributed by atoms with E-state index in [4.69, 9.17) is 4.98 Å². The molecule has 25 heavy (non-hydrogen) atoms. The van der Waals surface area contributed by atoms with E-state index < -0.39 is 11.4 Å². The minimum absolute atomic E-state index is 0.258. The molecule has 0 unspecified atom stereocenters.